The predicted molar refractivity (Wildman–Crippen MR) is 204 cm³/mol. The topological polar surface area (TPSA) is 279 Å². The molecule has 0 spiro atoms. The van der Waals surface area contributed by atoms with Gasteiger partial charge < -0.3 is 35.2 Å². The molecule has 0 saturated carbocycles. The molecular formula is C33H31ClN8Na2O12S3. The normalized spacial score (nSPS) is 13.0. The number of phenols is 1. The minimum absolute atomic E-state index is 0. The molecule has 302 valence electrons. The summed E-state index contributed by atoms with van der Waals surface area (Å²) in [4.78, 5) is 27.7. The van der Waals surface area contributed by atoms with Gasteiger partial charge >= 0.3 is 59.1 Å². The number of carbonyl (C=O) groups is 1. The van der Waals surface area contributed by atoms with Gasteiger partial charge in [0.1, 0.15) is 5.69 Å². The number of halogens is 1. The van der Waals surface area contributed by atoms with E-state index in [0.717, 1.165) is 0 Å². The SMILES string of the molecule is C.O=C(Nc1ccc(S(=O)(=O)CCOS(=O)(=O)[O-])cc1)c1ccc(N=Nc2c(SOO[O-])cc3ccc(Nc4nc(Cl)nc(N5CCOCC5)n4)cc3c2O)cc1.[Na+].[Na+]. The Balaban J connectivity index is 0.00000310. The number of benzene rings is 4. The number of phenolic OH excluding ortho intramolecular Hbond substituents is 1. The molecule has 0 atom stereocenters. The second kappa shape index (κ2) is 22.7. The number of rotatable bonds is 15. The van der Waals surface area contributed by atoms with Gasteiger partial charge in [-0.25, -0.2) is 16.8 Å². The van der Waals surface area contributed by atoms with Crippen molar-refractivity contribution in [3.63, 3.8) is 0 Å². The largest absolute Gasteiger partial charge is 1.00 e. The molecule has 0 bridgehead atoms. The van der Waals surface area contributed by atoms with Gasteiger partial charge in [-0.05, 0) is 83.7 Å². The average molecular weight is 909 g/mol. The van der Waals surface area contributed by atoms with E-state index < -0.39 is 38.5 Å². The third-order valence-electron chi connectivity index (χ3n) is 7.80. The van der Waals surface area contributed by atoms with Gasteiger partial charge in [0.15, 0.2) is 15.6 Å². The first-order valence-corrected chi connectivity index (χ1v) is 20.1. The van der Waals surface area contributed by atoms with Crippen LogP contribution in [0.4, 0.5) is 34.6 Å². The van der Waals surface area contributed by atoms with Crippen LogP contribution in [0.5, 0.6) is 5.75 Å². The zero-order valence-electron chi connectivity index (χ0n) is 30.4. The van der Waals surface area contributed by atoms with E-state index in [-0.39, 0.29) is 116 Å². The number of nitrogens with one attached hydrogen (secondary N) is 2. The van der Waals surface area contributed by atoms with Crippen molar-refractivity contribution in [2.24, 2.45) is 10.2 Å². The molecule has 59 heavy (non-hydrogen) atoms. The number of carbonyl (C=O) groups excluding carboxylic acids is 1. The Bertz CT molecular complexity index is 2490. The van der Waals surface area contributed by atoms with Crippen molar-refractivity contribution in [1.29, 1.82) is 0 Å². The van der Waals surface area contributed by atoms with Gasteiger partial charge in [0.2, 0.25) is 27.6 Å². The van der Waals surface area contributed by atoms with Gasteiger partial charge in [-0.15, -0.1) is 5.11 Å². The molecule has 6 rings (SSSR count). The number of amides is 1. The molecule has 1 fully saturated rings. The molecule has 1 saturated heterocycles. The zero-order chi connectivity index (χ0) is 39.9. The van der Waals surface area contributed by atoms with Crippen molar-refractivity contribution in [3.8, 4) is 5.75 Å². The van der Waals surface area contributed by atoms with E-state index in [0.29, 0.717) is 60.8 Å². The summed E-state index contributed by atoms with van der Waals surface area (Å²) >= 11 is 6.69. The number of anilines is 4. The summed E-state index contributed by atoms with van der Waals surface area (Å²) in [5, 5.41) is 40.4. The van der Waals surface area contributed by atoms with E-state index in [1.807, 2.05) is 4.90 Å². The molecule has 4 aromatic carbocycles. The number of fused-ring (bicyclic) bond motifs is 1. The third-order valence-corrected chi connectivity index (χ3v) is 10.7. The van der Waals surface area contributed by atoms with Crippen LogP contribution in [0.1, 0.15) is 17.8 Å². The summed E-state index contributed by atoms with van der Waals surface area (Å²) < 4.78 is 70.3. The van der Waals surface area contributed by atoms with Crippen LogP contribution in [0.2, 0.25) is 5.28 Å². The number of nitrogens with zero attached hydrogens (tertiary/aromatic N) is 6. The molecule has 3 N–H and O–H groups in total. The maximum Gasteiger partial charge on any atom is 1.00 e. The second-order valence-electron chi connectivity index (χ2n) is 11.5. The van der Waals surface area contributed by atoms with E-state index in [4.69, 9.17) is 16.3 Å². The molecule has 5 aromatic rings. The van der Waals surface area contributed by atoms with Crippen molar-refractivity contribution < 1.29 is 114 Å². The number of morpholine rings is 1. The Labute approximate surface area is 391 Å². The van der Waals surface area contributed by atoms with Crippen LogP contribution in [-0.2, 0) is 38.5 Å². The molecule has 1 aliphatic heterocycles. The van der Waals surface area contributed by atoms with Gasteiger partial charge in [-0.1, -0.05) is 13.5 Å². The molecule has 0 unspecified atom stereocenters. The van der Waals surface area contributed by atoms with Crippen molar-refractivity contribution in [2.75, 3.05) is 54.2 Å². The van der Waals surface area contributed by atoms with Crippen molar-refractivity contribution in [2.45, 2.75) is 17.2 Å². The van der Waals surface area contributed by atoms with Crippen molar-refractivity contribution in [3.05, 3.63) is 83.6 Å². The van der Waals surface area contributed by atoms with Crippen LogP contribution in [0.25, 0.3) is 10.8 Å². The van der Waals surface area contributed by atoms with E-state index >= 15 is 0 Å². The first-order chi connectivity index (χ1) is 26.8. The number of aromatic hydroxyl groups is 1. The molecule has 20 nitrogen and oxygen atoms in total. The van der Waals surface area contributed by atoms with Gasteiger partial charge in [0, 0.05) is 35.4 Å². The Hall–Kier alpha value is -3.08. The van der Waals surface area contributed by atoms with Gasteiger partial charge in [-0.2, -0.15) is 24.4 Å². The Morgan fingerprint density at radius 3 is 2.29 bits per heavy atom. The summed E-state index contributed by atoms with van der Waals surface area (Å²) in [6.45, 7) is 1.37. The minimum atomic E-state index is -5.04. The summed E-state index contributed by atoms with van der Waals surface area (Å²) in [5.74, 6) is -1.05. The minimum Gasteiger partial charge on any atom is -0.726 e. The van der Waals surface area contributed by atoms with Gasteiger partial charge in [0.05, 0.1) is 53.1 Å². The smallest absolute Gasteiger partial charge is 0.726 e. The van der Waals surface area contributed by atoms with Crippen LogP contribution >= 0.6 is 23.6 Å². The summed E-state index contributed by atoms with van der Waals surface area (Å²) in [7, 11) is -9.01. The number of azo groups is 1. The monoisotopic (exact) mass is 908 g/mol. The Morgan fingerprint density at radius 1 is 0.949 bits per heavy atom. The third kappa shape index (κ3) is 14.0. The molecule has 0 radical (unpaired) electrons. The van der Waals surface area contributed by atoms with Crippen molar-refractivity contribution in [1.82, 2.24) is 15.0 Å². The van der Waals surface area contributed by atoms with E-state index in [1.54, 1.807) is 24.3 Å². The number of ether oxygens (including phenoxy) is 1. The summed E-state index contributed by atoms with van der Waals surface area (Å²) in [6, 6.07) is 17.5. The molecule has 0 aliphatic carbocycles. The molecule has 1 amide bonds. The molecule has 1 aromatic heterocycles. The van der Waals surface area contributed by atoms with E-state index in [1.165, 1.54) is 48.5 Å². The quantitative estimate of drug-likeness (QED) is 0.0211. The van der Waals surface area contributed by atoms with Crippen LogP contribution in [-0.4, -0.2) is 86.0 Å². The first kappa shape index (κ1) is 50.3. The average Bonchev–Trinajstić information content (AvgIpc) is 3.17. The van der Waals surface area contributed by atoms with E-state index in [2.05, 4.69) is 49.4 Å². The van der Waals surface area contributed by atoms with Crippen LogP contribution in [0.3, 0.4) is 0 Å². The van der Waals surface area contributed by atoms with Crippen LogP contribution in [0.15, 0.2) is 92.8 Å². The fourth-order valence-corrected chi connectivity index (χ4v) is 7.29. The Morgan fingerprint density at radius 2 is 1.63 bits per heavy atom. The molecule has 2 heterocycles. The maximum absolute atomic E-state index is 12.9. The van der Waals surface area contributed by atoms with E-state index in [9.17, 15) is 36.5 Å². The second-order valence-corrected chi connectivity index (χ2v) is 15.7. The fraction of sp³-hybridized carbons (Fsp3) is 0.212. The van der Waals surface area contributed by atoms with Crippen molar-refractivity contribution >= 4 is 95.2 Å². The first-order valence-electron chi connectivity index (χ1n) is 16.0. The zero-order valence-corrected chi connectivity index (χ0v) is 37.6. The molecule has 26 heteroatoms. The van der Waals surface area contributed by atoms with Gasteiger partial charge in [0.25, 0.3) is 5.91 Å². The standard InChI is InChI=1S/C32H29ClN8O12S3.CH4.2Na/c33-30-36-31(38-32(37-30)41-11-13-50-14-12-41)35-23-6-3-20-17-26(54-53-52-44)27(28(42)25(20)18-23)40-39-22-4-1-19(2-5-22)29(43)34-21-7-9-24(10-8-21)55(45,46)16-15-51-56(47,48)49;;;/h1-10,17-18,42,44H,11-16H2,(H,34,43)(H,47,48,49)(H,35,36,37,38);1H4;;/q;;2*+1/p-2. The number of hydrogen-bond donors (Lipinski definition) is 3. The van der Waals surface area contributed by atoms with Gasteiger partial charge in [-0.3, -0.25) is 14.0 Å². The summed E-state index contributed by atoms with van der Waals surface area (Å²) in [6.07, 6.45) is 0. The number of hydrogen-bond acceptors (Lipinski definition) is 20. The summed E-state index contributed by atoms with van der Waals surface area (Å²) in [5.41, 5.74) is 1.16. The predicted octanol–water partition coefficient (Wildman–Crippen LogP) is -1.24. The van der Waals surface area contributed by atoms with Crippen LogP contribution in [0, 0.1) is 0 Å². The maximum atomic E-state index is 12.9. The number of aromatic nitrogens is 3. The Kier molecular flexibility index (Phi) is 19.3. The van der Waals surface area contributed by atoms with Crippen LogP contribution < -0.4 is 79.9 Å². The fourth-order valence-electron chi connectivity index (χ4n) is 5.16. The molecular weight excluding hydrogens is 878 g/mol. The number of sulfone groups is 1. The molecule has 1 aliphatic rings.